The normalized spacial score (nSPS) is 10.9. The van der Waals surface area contributed by atoms with Gasteiger partial charge in [0, 0.05) is 20.2 Å². The minimum atomic E-state index is -0.273. The molecule has 0 saturated heterocycles. The number of aromatic nitrogens is 2. The van der Waals surface area contributed by atoms with E-state index in [4.69, 9.17) is 4.74 Å². The van der Waals surface area contributed by atoms with Crippen molar-refractivity contribution in [2.24, 2.45) is 0 Å². The monoisotopic (exact) mass is 545 g/mol. The van der Waals surface area contributed by atoms with Crippen LogP contribution in [0.5, 0.6) is 5.75 Å². The summed E-state index contributed by atoms with van der Waals surface area (Å²) in [5, 5.41) is 5.33. The fourth-order valence-electron chi connectivity index (χ4n) is 3.30. The maximum atomic E-state index is 13.2. The topological polar surface area (TPSA) is 73.2 Å². The van der Waals surface area contributed by atoms with Crippen LogP contribution in [0.15, 0.2) is 59.0 Å². The van der Waals surface area contributed by atoms with Crippen LogP contribution in [0.1, 0.15) is 12.5 Å². The van der Waals surface area contributed by atoms with Gasteiger partial charge in [-0.15, -0.1) is 11.3 Å². The number of amides is 1. The molecule has 0 unspecified atom stereocenters. The molecule has 1 N–H and O–H groups in total. The van der Waals surface area contributed by atoms with Crippen LogP contribution in [0.2, 0.25) is 0 Å². The maximum Gasteiger partial charge on any atom is 0.263 e. The van der Waals surface area contributed by atoms with Gasteiger partial charge in [-0.1, -0.05) is 12.1 Å². The van der Waals surface area contributed by atoms with E-state index in [9.17, 15) is 9.59 Å². The van der Waals surface area contributed by atoms with Crippen molar-refractivity contribution in [3.8, 4) is 16.9 Å². The molecule has 0 radical (unpaired) electrons. The highest BCUT2D eigenvalue weighted by atomic mass is 127. The molecule has 0 spiro atoms. The Balaban J connectivity index is 1.62. The zero-order valence-corrected chi connectivity index (χ0v) is 20.0. The lowest BCUT2D eigenvalue weighted by Crippen LogP contribution is -2.28. The van der Waals surface area contributed by atoms with E-state index in [-0.39, 0.29) is 18.0 Å². The lowest BCUT2D eigenvalue weighted by atomic mass is 10.1. The molecule has 0 fully saturated rings. The molecule has 2 heterocycles. The summed E-state index contributed by atoms with van der Waals surface area (Å²) in [6.07, 6.45) is 1.43. The average molecular weight is 545 g/mol. The number of carbonyl (C=O) groups excluding carboxylic acids is 1. The van der Waals surface area contributed by atoms with E-state index in [1.54, 1.807) is 0 Å². The molecule has 4 aromatic rings. The quantitative estimate of drug-likeness (QED) is 0.344. The number of anilines is 1. The van der Waals surface area contributed by atoms with E-state index < -0.39 is 0 Å². The minimum absolute atomic E-state index is 0.105. The lowest BCUT2D eigenvalue weighted by Gasteiger charge is -2.10. The Kier molecular flexibility index (Phi) is 6.38. The highest BCUT2D eigenvalue weighted by molar-refractivity contribution is 14.1. The number of rotatable bonds is 6. The SMILES string of the molecule is CCOc1ccc(-c2csc3ncn(CC(=O)Nc4ccc(I)cc4C)c(=O)c23)cc1. The van der Waals surface area contributed by atoms with Gasteiger partial charge >= 0.3 is 0 Å². The van der Waals surface area contributed by atoms with Crippen LogP contribution in [-0.4, -0.2) is 22.1 Å². The molecule has 0 bridgehead atoms. The van der Waals surface area contributed by atoms with Crippen molar-refractivity contribution in [3.63, 3.8) is 0 Å². The van der Waals surface area contributed by atoms with E-state index in [0.717, 1.165) is 31.7 Å². The van der Waals surface area contributed by atoms with Crippen LogP contribution >= 0.6 is 33.9 Å². The molecule has 2 aromatic heterocycles. The van der Waals surface area contributed by atoms with Gasteiger partial charge in [-0.3, -0.25) is 14.2 Å². The lowest BCUT2D eigenvalue weighted by molar-refractivity contribution is -0.116. The van der Waals surface area contributed by atoms with Crippen LogP contribution in [0, 0.1) is 10.5 Å². The molecule has 8 heteroatoms. The summed E-state index contributed by atoms with van der Waals surface area (Å²) >= 11 is 3.64. The minimum Gasteiger partial charge on any atom is -0.494 e. The van der Waals surface area contributed by atoms with Gasteiger partial charge in [0.2, 0.25) is 5.91 Å². The first kappa shape index (κ1) is 21.5. The molecular formula is C23H20IN3O3S. The summed E-state index contributed by atoms with van der Waals surface area (Å²) in [5.74, 6) is 0.509. The summed E-state index contributed by atoms with van der Waals surface area (Å²) in [5.41, 5.74) is 3.19. The number of halogens is 1. The van der Waals surface area contributed by atoms with Crippen molar-refractivity contribution >= 4 is 55.7 Å². The number of benzene rings is 2. The van der Waals surface area contributed by atoms with Gasteiger partial charge in [0.25, 0.3) is 5.56 Å². The maximum absolute atomic E-state index is 13.2. The molecule has 1 amide bonds. The van der Waals surface area contributed by atoms with Gasteiger partial charge < -0.3 is 10.1 Å². The van der Waals surface area contributed by atoms with Crippen LogP contribution < -0.4 is 15.6 Å². The Labute approximate surface area is 197 Å². The summed E-state index contributed by atoms with van der Waals surface area (Å²) < 4.78 is 7.94. The van der Waals surface area contributed by atoms with Crippen LogP contribution in [0.4, 0.5) is 5.69 Å². The predicted octanol–water partition coefficient (Wildman–Crippen LogP) is 5.08. The van der Waals surface area contributed by atoms with Crippen molar-refractivity contribution in [3.05, 3.63) is 73.7 Å². The van der Waals surface area contributed by atoms with Gasteiger partial charge in [0.15, 0.2) is 0 Å². The molecule has 0 aliphatic carbocycles. The third kappa shape index (κ3) is 4.64. The number of hydrogen-bond donors (Lipinski definition) is 1. The second-order valence-electron chi connectivity index (χ2n) is 6.97. The number of nitrogens with one attached hydrogen (secondary N) is 1. The van der Waals surface area contributed by atoms with Crippen molar-refractivity contribution in [1.82, 2.24) is 9.55 Å². The fraction of sp³-hybridized carbons (Fsp3) is 0.174. The molecule has 0 atom stereocenters. The first-order valence-corrected chi connectivity index (χ1v) is 11.7. The average Bonchev–Trinajstić information content (AvgIpc) is 3.18. The smallest absolute Gasteiger partial charge is 0.263 e. The van der Waals surface area contributed by atoms with Crippen molar-refractivity contribution < 1.29 is 9.53 Å². The van der Waals surface area contributed by atoms with E-state index in [2.05, 4.69) is 32.9 Å². The first-order chi connectivity index (χ1) is 15.0. The highest BCUT2D eigenvalue weighted by Crippen LogP contribution is 2.31. The third-order valence-corrected chi connectivity index (χ3v) is 6.37. The van der Waals surface area contributed by atoms with Crippen LogP contribution in [0.3, 0.4) is 0 Å². The molecule has 0 aliphatic heterocycles. The molecular weight excluding hydrogens is 525 g/mol. The van der Waals surface area contributed by atoms with Gasteiger partial charge in [-0.25, -0.2) is 4.98 Å². The van der Waals surface area contributed by atoms with Gasteiger partial charge in [0.1, 0.15) is 17.1 Å². The Morgan fingerprint density at radius 2 is 2.00 bits per heavy atom. The number of carbonyl (C=O) groups is 1. The Morgan fingerprint density at radius 1 is 1.23 bits per heavy atom. The zero-order valence-electron chi connectivity index (χ0n) is 17.0. The molecule has 0 aliphatic rings. The second kappa shape index (κ2) is 9.19. The molecule has 158 valence electrons. The van der Waals surface area contributed by atoms with E-state index in [1.807, 2.05) is 61.7 Å². The predicted molar refractivity (Wildman–Crippen MR) is 133 cm³/mol. The summed E-state index contributed by atoms with van der Waals surface area (Å²) in [4.78, 5) is 30.8. The summed E-state index contributed by atoms with van der Waals surface area (Å²) in [7, 11) is 0. The molecule has 0 saturated carbocycles. The van der Waals surface area contributed by atoms with Crippen molar-refractivity contribution in [1.29, 1.82) is 0 Å². The van der Waals surface area contributed by atoms with Gasteiger partial charge in [0.05, 0.1) is 18.3 Å². The van der Waals surface area contributed by atoms with Crippen molar-refractivity contribution in [2.75, 3.05) is 11.9 Å². The number of aryl methyl sites for hydroxylation is 1. The zero-order chi connectivity index (χ0) is 22.0. The summed E-state index contributed by atoms with van der Waals surface area (Å²) in [6.45, 7) is 4.36. The second-order valence-corrected chi connectivity index (χ2v) is 9.08. The van der Waals surface area contributed by atoms with E-state index in [1.165, 1.54) is 22.2 Å². The summed E-state index contributed by atoms with van der Waals surface area (Å²) in [6, 6.07) is 13.4. The van der Waals surface area contributed by atoms with Crippen LogP contribution in [-0.2, 0) is 11.3 Å². The Morgan fingerprint density at radius 3 is 2.71 bits per heavy atom. The Hall–Kier alpha value is -2.72. The number of ether oxygens (including phenoxy) is 1. The standard InChI is InChI=1S/C23H20IN3O3S/c1-3-30-17-7-4-15(5-8-17)18-12-31-22-21(18)23(29)27(13-25-22)11-20(28)26-19-9-6-16(24)10-14(19)2/h4-10,12-13H,3,11H2,1-2H3,(H,26,28). The molecule has 6 nitrogen and oxygen atoms in total. The number of thiophene rings is 1. The van der Waals surface area contributed by atoms with E-state index in [0.29, 0.717) is 16.8 Å². The largest absolute Gasteiger partial charge is 0.494 e. The van der Waals surface area contributed by atoms with Crippen LogP contribution in [0.25, 0.3) is 21.3 Å². The van der Waals surface area contributed by atoms with Gasteiger partial charge in [-0.05, 0) is 77.9 Å². The third-order valence-electron chi connectivity index (χ3n) is 4.81. The number of nitrogens with zero attached hydrogens (tertiary/aromatic N) is 2. The Bertz CT molecular complexity index is 1310. The highest BCUT2D eigenvalue weighted by Gasteiger charge is 2.15. The number of fused-ring (bicyclic) bond motifs is 1. The number of hydrogen-bond acceptors (Lipinski definition) is 5. The van der Waals surface area contributed by atoms with E-state index >= 15 is 0 Å². The van der Waals surface area contributed by atoms with Gasteiger partial charge in [-0.2, -0.15) is 0 Å². The fourth-order valence-corrected chi connectivity index (χ4v) is 4.86. The van der Waals surface area contributed by atoms with Crippen molar-refractivity contribution in [2.45, 2.75) is 20.4 Å². The molecule has 31 heavy (non-hydrogen) atoms. The molecule has 2 aromatic carbocycles. The first-order valence-electron chi connectivity index (χ1n) is 9.72. The molecule has 4 rings (SSSR count).